The second-order valence-electron chi connectivity index (χ2n) is 15.6. The topological polar surface area (TPSA) is 170 Å². The molecule has 1 aliphatic heterocycles. The van der Waals surface area contributed by atoms with Crippen LogP contribution >= 0.6 is 0 Å². The van der Waals surface area contributed by atoms with Gasteiger partial charge in [0, 0.05) is 12.5 Å². The Morgan fingerprint density at radius 3 is 1.56 bits per heavy atom. The van der Waals surface area contributed by atoms with Gasteiger partial charge in [0.25, 0.3) is 0 Å². The van der Waals surface area contributed by atoms with Gasteiger partial charge in [-0.3, -0.25) is 4.79 Å². The summed E-state index contributed by atoms with van der Waals surface area (Å²) in [6.45, 7) is 2.24. The van der Waals surface area contributed by atoms with Crippen LogP contribution in [0, 0.1) is 0 Å². The smallest absolute Gasteiger partial charge is 0.461 e. The van der Waals surface area contributed by atoms with E-state index in [4.69, 9.17) is 28.4 Å². The summed E-state index contributed by atoms with van der Waals surface area (Å²) in [5.41, 5.74) is 0.858. The molecule has 7 rings (SSSR count). The Bertz CT molecular complexity index is 2700. The van der Waals surface area contributed by atoms with Crippen LogP contribution < -0.4 is 4.74 Å². The van der Waals surface area contributed by atoms with Crippen LogP contribution in [0.3, 0.4) is 0 Å². The van der Waals surface area contributed by atoms with Crippen LogP contribution in [-0.4, -0.2) is 71.8 Å². The number of rotatable bonds is 15. The molecule has 13 nitrogen and oxygen atoms in total. The zero-order valence-electron chi connectivity index (χ0n) is 36.4. The van der Waals surface area contributed by atoms with Gasteiger partial charge in [-0.2, -0.15) is 0 Å². The van der Waals surface area contributed by atoms with Crippen molar-refractivity contribution in [3.63, 3.8) is 0 Å². The van der Waals surface area contributed by atoms with Gasteiger partial charge in [0.1, 0.15) is 24.6 Å². The maximum atomic E-state index is 14.3. The Morgan fingerprint density at radius 2 is 1.07 bits per heavy atom. The largest absolute Gasteiger partial charge is 0.573 e. The number of ether oxygens (including phenoxy) is 7. The highest BCUT2D eigenvalue weighted by Gasteiger charge is 2.62. The Morgan fingerprint density at radius 1 is 0.618 bits per heavy atom. The van der Waals surface area contributed by atoms with Crippen molar-refractivity contribution in [3.05, 3.63) is 208 Å². The van der Waals surface area contributed by atoms with Crippen LogP contribution in [0.1, 0.15) is 77.5 Å². The molecular weight excluding hydrogens is 890 g/mol. The maximum absolute atomic E-state index is 14.3. The van der Waals surface area contributed by atoms with Gasteiger partial charge in [-0.25, -0.2) is 19.2 Å². The number of carbonyl (C=O) groups excluding carboxylic acids is 5. The number of carbonyl (C=O) groups is 5. The minimum absolute atomic E-state index is 0.00549. The summed E-state index contributed by atoms with van der Waals surface area (Å²) in [6, 6.07) is 40.2. The number of aliphatic hydroxyl groups is 1. The second kappa shape index (κ2) is 21.2. The van der Waals surface area contributed by atoms with Crippen molar-refractivity contribution in [3.8, 4) is 5.75 Å². The zero-order valence-corrected chi connectivity index (χ0v) is 36.4. The third-order valence-corrected chi connectivity index (χ3v) is 10.7. The zero-order chi connectivity index (χ0) is 48.4. The fourth-order valence-electron chi connectivity index (χ4n) is 7.50. The Kier molecular flexibility index (Phi) is 15.0. The fraction of sp³-hybridized carbons (Fsp3) is 0.212. The molecule has 6 aromatic rings. The van der Waals surface area contributed by atoms with E-state index in [1.165, 1.54) is 86.6 Å². The summed E-state index contributed by atoms with van der Waals surface area (Å²) < 4.78 is 79.9. The highest BCUT2D eigenvalue weighted by atomic mass is 19.4. The van der Waals surface area contributed by atoms with Gasteiger partial charge in [0.15, 0.2) is 12.2 Å². The van der Waals surface area contributed by atoms with E-state index in [0.717, 1.165) is 12.1 Å². The van der Waals surface area contributed by atoms with Crippen molar-refractivity contribution in [2.24, 2.45) is 0 Å². The Hall–Kier alpha value is -7.82. The molecule has 1 saturated heterocycles. The first-order chi connectivity index (χ1) is 32.6. The quantitative estimate of drug-likeness (QED) is 0.0767. The molecule has 0 saturated carbocycles. The lowest BCUT2D eigenvalue weighted by Crippen LogP contribution is -2.68. The highest BCUT2D eigenvalue weighted by molar-refractivity contribution is 5.92. The lowest BCUT2D eigenvalue weighted by Gasteiger charge is -2.50. The van der Waals surface area contributed by atoms with E-state index in [9.17, 15) is 42.3 Å². The molecule has 0 spiro atoms. The summed E-state index contributed by atoms with van der Waals surface area (Å²) in [6.07, 6.45) is -14.2. The lowest BCUT2D eigenvalue weighted by atomic mass is 9.82. The second-order valence-corrected chi connectivity index (χ2v) is 15.6. The Balaban J connectivity index is 1.44. The van der Waals surface area contributed by atoms with Gasteiger partial charge in [-0.05, 0) is 96.8 Å². The molecule has 68 heavy (non-hydrogen) atoms. The van der Waals surface area contributed by atoms with Crippen LogP contribution in [-0.2, 0) is 52.0 Å². The van der Waals surface area contributed by atoms with E-state index in [1.807, 2.05) is 0 Å². The van der Waals surface area contributed by atoms with Gasteiger partial charge in [-0.15, -0.1) is 13.2 Å². The molecule has 0 unspecified atom stereocenters. The first-order valence-electron chi connectivity index (χ1n) is 21.1. The molecule has 1 aliphatic rings. The minimum atomic E-state index is -4.96. The van der Waals surface area contributed by atoms with Gasteiger partial charge in [0.05, 0.1) is 22.3 Å². The highest BCUT2D eigenvalue weighted by Crippen LogP contribution is 2.45. The fourth-order valence-corrected chi connectivity index (χ4v) is 7.50. The van der Waals surface area contributed by atoms with Crippen molar-refractivity contribution < 1.29 is 75.4 Å². The first kappa shape index (κ1) is 48.1. The molecule has 0 aromatic heterocycles. The van der Waals surface area contributed by atoms with Gasteiger partial charge in [0.2, 0.25) is 11.9 Å². The predicted octanol–water partition coefficient (Wildman–Crippen LogP) is 8.71. The molecule has 6 atom stereocenters. The molecule has 6 aromatic carbocycles. The van der Waals surface area contributed by atoms with Crippen LogP contribution in [0.25, 0.3) is 0 Å². The molecule has 0 amide bonds. The van der Waals surface area contributed by atoms with E-state index in [2.05, 4.69) is 4.74 Å². The average molecular weight is 933 g/mol. The molecular formula is C52H43F3O13. The van der Waals surface area contributed by atoms with E-state index in [0.29, 0.717) is 5.56 Å². The summed E-state index contributed by atoms with van der Waals surface area (Å²) in [5, 5.41) is 13.6. The molecule has 0 aliphatic carbocycles. The van der Waals surface area contributed by atoms with Crippen LogP contribution in [0.4, 0.5) is 13.2 Å². The summed E-state index contributed by atoms with van der Waals surface area (Å²) in [4.78, 5) is 68.4. The van der Waals surface area contributed by atoms with Gasteiger partial charge < -0.3 is 38.3 Å². The number of esters is 5. The summed E-state index contributed by atoms with van der Waals surface area (Å²) in [5.74, 6) is -7.99. The van der Waals surface area contributed by atoms with Crippen LogP contribution in [0.5, 0.6) is 5.75 Å². The summed E-state index contributed by atoms with van der Waals surface area (Å²) in [7, 11) is 0. The third-order valence-electron chi connectivity index (χ3n) is 10.7. The number of hydrogen-bond donors (Lipinski definition) is 1. The van der Waals surface area contributed by atoms with Gasteiger partial charge in [-0.1, -0.05) is 97.1 Å². The SMILES string of the molecule is CC(=O)OCc1ccc(Cc2ccc(OC(F)(F)F)cc2)c([C@@]2(O)O[C@H]([C@H](C)OC(=O)c3ccccc3)[C@@H](OC(=O)c3ccccc3)[C@H](OC(=O)c3ccccc3)[C@H]2OC(=O)c2ccccc2)c1. The van der Waals surface area contributed by atoms with E-state index in [-0.39, 0.29) is 52.0 Å². The number of alkyl halides is 3. The lowest BCUT2D eigenvalue weighted by molar-refractivity contribution is -0.360. The summed E-state index contributed by atoms with van der Waals surface area (Å²) >= 11 is 0. The molecule has 0 bridgehead atoms. The van der Waals surface area contributed by atoms with Gasteiger partial charge >= 0.3 is 36.2 Å². The maximum Gasteiger partial charge on any atom is 0.573 e. The van der Waals surface area contributed by atoms with E-state index >= 15 is 0 Å². The van der Waals surface area contributed by atoms with Crippen molar-refractivity contribution in [1.29, 1.82) is 0 Å². The van der Waals surface area contributed by atoms with E-state index < -0.39 is 78.3 Å². The van der Waals surface area contributed by atoms with Crippen LogP contribution in [0.15, 0.2) is 164 Å². The number of halogens is 3. The molecule has 350 valence electrons. The minimum Gasteiger partial charge on any atom is -0.461 e. The standard InChI is InChI=1S/C52H43F3O13/c1-32(63-47(57)36-15-7-3-8-16-36)43-44(64-48(58)37-17-9-4-10-18-37)45(65-49(59)38-19-11-5-12-20-38)46(66-50(60)39-21-13-6-14-22-39)51(61,68-43)42-30-35(31-62-33(2)56)23-26-40(42)29-34-24-27-41(28-25-34)67-52(53,54)55/h3-28,30,32,43-46,61H,29,31H2,1-2H3/t32-,43+,44+,45-,46+,51+/m0/s1. The van der Waals surface area contributed by atoms with Crippen molar-refractivity contribution in [2.45, 2.75) is 69.5 Å². The molecule has 1 fully saturated rings. The monoisotopic (exact) mass is 932 g/mol. The average Bonchev–Trinajstić information content (AvgIpc) is 3.34. The third kappa shape index (κ3) is 11.9. The predicted molar refractivity (Wildman–Crippen MR) is 235 cm³/mol. The first-order valence-corrected chi connectivity index (χ1v) is 21.1. The van der Waals surface area contributed by atoms with Crippen molar-refractivity contribution >= 4 is 29.8 Å². The van der Waals surface area contributed by atoms with Crippen molar-refractivity contribution in [2.75, 3.05) is 0 Å². The molecule has 16 heteroatoms. The molecule has 1 heterocycles. The number of benzene rings is 6. The molecule has 1 N–H and O–H groups in total. The Labute approximate surface area is 387 Å². The normalized spacial score (nSPS) is 19.4. The molecule has 0 radical (unpaired) electrons. The number of hydrogen-bond acceptors (Lipinski definition) is 13. The van der Waals surface area contributed by atoms with Crippen LogP contribution in [0.2, 0.25) is 0 Å². The van der Waals surface area contributed by atoms with Crippen molar-refractivity contribution in [1.82, 2.24) is 0 Å². The van der Waals surface area contributed by atoms with E-state index in [1.54, 1.807) is 78.9 Å².